The largest absolute Gasteiger partial charge is 0.349 e. The maximum absolute atomic E-state index is 12.1. The molecule has 98 valence electrons. The smallest absolute Gasteiger partial charge is 0.225 e. The number of nitrogens with two attached hydrogens (primary N) is 1. The number of benzene rings is 1. The van der Waals surface area contributed by atoms with Crippen molar-refractivity contribution in [1.82, 2.24) is 5.32 Å². The normalized spacial score (nSPS) is 24.8. The lowest BCUT2D eigenvalue weighted by molar-refractivity contribution is -0.125. The van der Waals surface area contributed by atoms with Crippen LogP contribution in [-0.2, 0) is 4.79 Å². The predicted molar refractivity (Wildman–Crippen MR) is 73.1 cm³/mol. The molecule has 0 aromatic heterocycles. The second kappa shape index (κ2) is 5.53. The van der Waals surface area contributed by atoms with Crippen LogP contribution >= 0.6 is 0 Å². The van der Waals surface area contributed by atoms with Gasteiger partial charge in [-0.3, -0.25) is 4.79 Å². The van der Waals surface area contributed by atoms with Gasteiger partial charge in [-0.25, -0.2) is 0 Å². The van der Waals surface area contributed by atoms with Gasteiger partial charge < -0.3 is 11.1 Å². The monoisotopic (exact) mass is 246 g/mol. The zero-order valence-corrected chi connectivity index (χ0v) is 11.1. The molecule has 1 saturated carbocycles. The van der Waals surface area contributed by atoms with Crippen molar-refractivity contribution in [1.29, 1.82) is 0 Å². The molecule has 3 atom stereocenters. The molecule has 0 aliphatic heterocycles. The molecule has 0 heterocycles. The molecule has 3 nitrogen and oxygen atoms in total. The second-order valence-electron chi connectivity index (χ2n) is 5.34. The third-order valence-corrected chi connectivity index (χ3v) is 3.84. The zero-order chi connectivity index (χ0) is 13.1. The quantitative estimate of drug-likeness (QED) is 0.859. The molecule has 0 saturated heterocycles. The molecular formula is C15H22N2O. The van der Waals surface area contributed by atoms with E-state index in [0.29, 0.717) is 0 Å². The van der Waals surface area contributed by atoms with E-state index >= 15 is 0 Å². The van der Waals surface area contributed by atoms with Gasteiger partial charge >= 0.3 is 0 Å². The highest BCUT2D eigenvalue weighted by Gasteiger charge is 2.30. The van der Waals surface area contributed by atoms with Crippen LogP contribution in [0.2, 0.25) is 0 Å². The first-order valence-corrected chi connectivity index (χ1v) is 6.70. The molecule has 1 aliphatic rings. The van der Waals surface area contributed by atoms with E-state index in [9.17, 15) is 4.79 Å². The lowest BCUT2D eigenvalue weighted by Gasteiger charge is -2.20. The van der Waals surface area contributed by atoms with Crippen molar-refractivity contribution in [3.8, 4) is 0 Å². The number of nitrogens with one attached hydrogen (secondary N) is 1. The molecule has 1 aliphatic carbocycles. The van der Waals surface area contributed by atoms with Crippen molar-refractivity contribution >= 4 is 5.91 Å². The summed E-state index contributed by atoms with van der Waals surface area (Å²) in [7, 11) is 0. The molecule has 1 aromatic rings. The van der Waals surface area contributed by atoms with Gasteiger partial charge in [-0.15, -0.1) is 0 Å². The molecule has 1 aromatic carbocycles. The fraction of sp³-hybridized carbons (Fsp3) is 0.533. The van der Waals surface area contributed by atoms with Crippen LogP contribution in [0.25, 0.3) is 0 Å². The Morgan fingerprint density at radius 2 is 2.00 bits per heavy atom. The summed E-state index contributed by atoms with van der Waals surface area (Å²) in [4.78, 5) is 12.1. The summed E-state index contributed by atoms with van der Waals surface area (Å²) in [5.41, 5.74) is 8.32. The van der Waals surface area contributed by atoms with Crippen LogP contribution in [0.15, 0.2) is 24.3 Å². The maximum atomic E-state index is 12.1. The molecule has 0 radical (unpaired) electrons. The fourth-order valence-electron chi connectivity index (χ4n) is 2.57. The summed E-state index contributed by atoms with van der Waals surface area (Å²) >= 11 is 0. The van der Waals surface area contributed by atoms with Crippen molar-refractivity contribution in [3.63, 3.8) is 0 Å². The van der Waals surface area contributed by atoms with E-state index in [0.717, 1.165) is 24.8 Å². The highest BCUT2D eigenvalue weighted by atomic mass is 16.2. The number of hydrogen-bond acceptors (Lipinski definition) is 2. The van der Waals surface area contributed by atoms with Crippen molar-refractivity contribution in [2.75, 3.05) is 0 Å². The number of carbonyl (C=O) groups excluding carboxylic acids is 1. The summed E-state index contributed by atoms with van der Waals surface area (Å²) in [6.07, 6.45) is 2.96. The van der Waals surface area contributed by atoms with Gasteiger partial charge in [0, 0.05) is 6.04 Å². The van der Waals surface area contributed by atoms with Gasteiger partial charge in [0.2, 0.25) is 5.91 Å². The molecule has 2 unspecified atom stereocenters. The lowest BCUT2D eigenvalue weighted by atomic mass is 10.0. The van der Waals surface area contributed by atoms with Crippen molar-refractivity contribution in [2.45, 2.75) is 45.2 Å². The lowest BCUT2D eigenvalue weighted by Crippen LogP contribution is -2.39. The number of hydrogen-bond donors (Lipinski definition) is 2. The zero-order valence-electron chi connectivity index (χ0n) is 11.1. The Labute approximate surface area is 109 Å². The molecule has 18 heavy (non-hydrogen) atoms. The summed E-state index contributed by atoms with van der Waals surface area (Å²) < 4.78 is 0. The van der Waals surface area contributed by atoms with Gasteiger partial charge in [0.15, 0.2) is 0 Å². The highest BCUT2D eigenvalue weighted by Crippen LogP contribution is 2.25. The minimum atomic E-state index is -0.00195. The van der Waals surface area contributed by atoms with Crippen molar-refractivity contribution < 1.29 is 4.79 Å². The van der Waals surface area contributed by atoms with Gasteiger partial charge in [0.1, 0.15) is 0 Å². The fourth-order valence-corrected chi connectivity index (χ4v) is 2.57. The van der Waals surface area contributed by atoms with E-state index in [-0.39, 0.29) is 23.9 Å². The first-order valence-electron chi connectivity index (χ1n) is 6.70. The van der Waals surface area contributed by atoms with Gasteiger partial charge in [-0.1, -0.05) is 36.2 Å². The van der Waals surface area contributed by atoms with Crippen LogP contribution in [0.5, 0.6) is 0 Å². The summed E-state index contributed by atoms with van der Waals surface area (Å²) in [5, 5.41) is 3.07. The number of aryl methyl sites for hydroxylation is 1. The van der Waals surface area contributed by atoms with Gasteiger partial charge in [-0.05, 0) is 32.3 Å². The molecule has 1 amide bonds. The minimum Gasteiger partial charge on any atom is -0.349 e. The van der Waals surface area contributed by atoms with Gasteiger partial charge in [-0.2, -0.15) is 0 Å². The molecule has 3 heteroatoms. The molecule has 3 N–H and O–H groups in total. The third-order valence-electron chi connectivity index (χ3n) is 3.84. The van der Waals surface area contributed by atoms with Crippen LogP contribution in [-0.4, -0.2) is 11.9 Å². The SMILES string of the molecule is Cc1ccc([C@H](C)NC(=O)C2CCCC2N)cc1. The third kappa shape index (κ3) is 2.91. The van der Waals surface area contributed by atoms with E-state index in [1.165, 1.54) is 5.56 Å². The number of rotatable bonds is 3. The standard InChI is InChI=1S/C15H22N2O/c1-10-6-8-12(9-7-10)11(2)17-15(18)13-4-3-5-14(13)16/h6-9,11,13-14H,3-5,16H2,1-2H3,(H,17,18)/t11-,13?,14?/m0/s1. The molecule has 1 fully saturated rings. The molecule has 2 rings (SSSR count). The molecular weight excluding hydrogens is 224 g/mol. The summed E-state index contributed by atoms with van der Waals surface area (Å²) in [6, 6.07) is 8.35. The van der Waals surface area contributed by atoms with Crippen molar-refractivity contribution in [2.24, 2.45) is 11.7 Å². The van der Waals surface area contributed by atoms with Crippen LogP contribution in [0.3, 0.4) is 0 Å². The van der Waals surface area contributed by atoms with Crippen LogP contribution in [0, 0.1) is 12.8 Å². The summed E-state index contributed by atoms with van der Waals surface area (Å²) in [6.45, 7) is 4.08. The Bertz CT molecular complexity index is 413. The Balaban J connectivity index is 1.96. The summed E-state index contributed by atoms with van der Waals surface area (Å²) in [5.74, 6) is 0.103. The second-order valence-corrected chi connectivity index (χ2v) is 5.34. The van der Waals surface area contributed by atoms with E-state index in [1.54, 1.807) is 0 Å². The van der Waals surface area contributed by atoms with E-state index < -0.39 is 0 Å². The average molecular weight is 246 g/mol. The van der Waals surface area contributed by atoms with E-state index in [4.69, 9.17) is 5.73 Å². The van der Waals surface area contributed by atoms with E-state index in [1.807, 2.05) is 6.92 Å². The van der Waals surface area contributed by atoms with E-state index in [2.05, 4.69) is 36.5 Å². The number of amides is 1. The topological polar surface area (TPSA) is 55.1 Å². The first-order chi connectivity index (χ1) is 8.58. The van der Waals surface area contributed by atoms with Crippen LogP contribution in [0.4, 0.5) is 0 Å². The Morgan fingerprint density at radius 3 is 2.56 bits per heavy atom. The average Bonchev–Trinajstić information content (AvgIpc) is 2.76. The van der Waals surface area contributed by atoms with Crippen LogP contribution < -0.4 is 11.1 Å². The molecule has 0 spiro atoms. The van der Waals surface area contributed by atoms with Crippen LogP contribution in [0.1, 0.15) is 43.4 Å². The maximum Gasteiger partial charge on any atom is 0.225 e. The highest BCUT2D eigenvalue weighted by molar-refractivity contribution is 5.80. The molecule has 0 bridgehead atoms. The number of carbonyl (C=O) groups is 1. The Kier molecular flexibility index (Phi) is 4.02. The first kappa shape index (κ1) is 13.1. The predicted octanol–water partition coefficient (Wildman–Crippen LogP) is 2.30. The van der Waals surface area contributed by atoms with Crippen molar-refractivity contribution in [3.05, 3.63) is 35.4 Å². The minimum absolute atomic E-state index is 0.00195. The van der Waals surface area contributed by atoms with Gasteiger partial charge in [0.25, 0.3) is 0 Å². The Hall–Kier alpha value is -1.35. The van der Waals surface area contributed by atoms with Gasteiger partial charge in [0.05, 0.1) is 12.0 Å². The Morgan fingerprint density at radius 1 is 1.33 bits per heavy atom.